The Bertz CT molecular complexity index is 542. The van der Waals surface area contributed by atoms with Crippen molar-refractivity contribution in [2.24, 2.45) is 0 Å². The molecule has 0 aliphatic heterocycles. The fourth-order valence-corrected chi connectivity index (χ4v) is 1.91. The first-order valence-electron chi connectivity index (χ1n) is 5.10. The molecule has 0 unspecified atom stereocenters. The Kier molecular flexibility index (Phi) is 3.85. The number of nitro groups is 1. The highest BCUT2D eigenvalue weighted by atomic mass is 32.1. The van der Waals surface area contributed by atoms with Crippen LogP contribution in [0.5, 0.6) is 5.75 Å². The van der Waals surface area contributed by atoms with Crippen molar-refractivity contribution in [3.8, 4) is 5.75 Å². The lowest BCUT2D eigenvalue weighted by molar-refractivity contribution is -0.386. The van der Waals surface area contributed by atoms with Crippen molar-refractivity contribution in [1.82, 2.24) is 4.98 Å². The van der Waals surface area contributed by atoms with Crippen LogP contribution in [0.3, 0.4) is 0 Å². The Balaban J connectivity index is 2.20. The third kappa shape index (κ3) is 2.82. The van der Waals surface area contributed by atoms with E-state index < -0.39 is 4.92 Å². The molecule has 2 aromatic rings. The topological polar surface area (TPSA) is 85.5 Å². The molecule has 0 aliphatic carbocycles. The van der Waals surface area contributed by atoms with Gasteiger partial charge in [0.2, 0.25) is 0 Å². The van der Waals surface area contributed by atoms with Gasteiger partial charge in [-0.25, -0.2) is 4.98 Å². The van der Waals surface area contributed by atoms with Gasteiger partial charge in [-0.05, 0) is 17.7 Å². The number of nitro benzene ring substituents is 1. The van der Waals surface area contributed by atoms with E-state index in [1.807, 2.05) is 0 Å². The molecule has 0 bridgehead atoms. The SMILES string of the molecule is O=[N+]([O-])c1ccc(CO)cc1OCc1nccs1. The minimum Gasteiger partial charge on any atom is -0.479 e. The number of ether oxygens (including phenoxy) is 1. The maximum absolute atomic E-state index is 10.8. The lowest BCUT2D eigenvalue weighted by Crippen LogP contribution is -1.99. The average molecular weight is 266 g/mol. The van der Waals surface area contributed by atoms with Gasteiger partial charge in [0.1, 0.15) is 11.6 Å². The molecule has 0 amide bonds. The molecule has 0 aliphatic rings. The van der Waals surface area contributed by atoms with Crippen LogP contribution in [-0.4, -0.2) is 15.0 Å². The van der Waals surface area contributed by atoms with Gasteiger partial charge in [0, 0.05) is 17.6 Å². The molecule has 94 valence electrons. The molecule has 0 fully saturated rings. The number of thiazole rings is 1. The zero-order chi connectivity index (χ0) is 13.0. The van der Waals surface area contributed by atoms with Crippen LogP contribution in [0.2, 0.25) is 0 Å². The van der Waals surface area contributed by atoms with E-state index in [1.165, 1.54) is 29.5 Å². The molecule has 18 heavy (non-hydrogen) atoms. The molecule has 1 aromatic carbocycles. The Morgan fingerprint density at radius 2 is 2.33 bits per heavy atom. The van der Waals surface area contributed by atoms with Crippen LogP contribution in [0.25, 0.3) is 0 Å². The summed E-state index contributed by atoms with van der Waals surface area (Å²) in [4.78, 5) is 14.3. The highest BCUT2D eigenvalue weighted by molar-refractivity contribution is 7.09. The summed E-state index contributed by atoms with van der Waals surface area (Å²) in [5.74, 6) is 0.141. The molecule has 1 N–H and O–H groups in total. The number of aliphatic hydroxyl groups excluding tert-OH is 1. The number of rotatable bonds is 5. The van der Waals surface area contributed by atoms with Crippen LogP contribution in [0.1, 0.15) is 10.6 Å². The van der Waals surface area contributed by atoms with E-state index in [1.54, 1.807) is 11.6 Å². The molecule has 7 heteroatoms. The van der Waals surface area contributed by atoms with Crippen LogP contribution < -0.4 is 4.74 Å². The highest BCUT2D eigenvalue weighted by Crippen LogP contribution is 2.28. The van der Waals surface area contributed by atoms with E-state index in [-0.39, 0.29) is 24.7 Å². The van der Waals surface area contributed by atoms with Gasteiger partial charge >= 0.3 is 5.69 Å². The summed E-state index contributed by atoms with van der Waals surface area (Å²) >= 11 is 1.41. The maximum atomic E-state index is 10.8. The molecular formula is C11H10N2O4S. The van der Waals surface area contributed by atoms with Crippen LogP contribution in [0.4, 0.5) is 5.69 Å². The quantitative estimate of drug-likeness (QED) is 0.661. The first-order chi connectivity index (χ1) is 8.70. The summed E-state index contributed by atoms with van der Waals surface area (Å²) in [5.41, 5.74) is 0.443. The van der Waals surface area contributed by atoms with Crippen molar-refractivity contribution >= 4 is 17.0 Å². The van der Waals surface area contributed by atoms with Gasteiger partial charge in [0.15, 0.2) is 5.75 Å². The van der Waals surface area contributed by atoms with Gasteiger partial charge in [-0.1, -0.05) is 0 Å². The minimum absolute atomic E-state index is 0.122. The van der Waals surface area contributed by atoms with Crippen molar-refractivity contribution in [2.45, 2.75) is 13.2 Å². The zero-order valence-electron chi connectivity index (χ0n) is 9.28. The van der Waals surface area contributed by atoms with Gasteiger partial charge < -0.3 is 9.84 Å². The molecule has 0 radical (unpaired) electrons. The van der Waals surface area contributed by atoms with Gasteiger partial charge in [-0.2, -0.15) is 0 Å². The summed E-state index contributed by atoms with van der Waals surface area (Å²) in [6.45, 7) is -0.0149. The monoisotopic (exact) mass is 266 g/mol. The van der Waals surface area contributed by atoms with E-state index >= 15 is 0 Å². The normalized spacial score (nSPS) is 10.3. The van der Waals surface area contributed by atoms with Gasteiger partial charge in [0.05, 0.1) is 11.5 Å². The standard InChI is InChI=1S/C11H10N2O4S/c14-6-8-1-2-9(13(15)16)10(5-8)17-7-11-12-3-4-18-11/h1-5,14H,6-7H2. The lowest BCUT2D eigenvalue weighted by Gasteiger charge is -2.06. The predicted octanol–water partition coefficient (Wildman–Crippen LogP) is 2.12. The fraction of sp³-hybridized carbons (Fsp3) is 0.182. The minimum atomic E-state index is -0.516. The van der Waals surface area contributed by atoms with E-state index in [4.69, 9.17) is 9.84 Å². The fourth-order valence-electron chi connectivity index (χ4n) is 1.39. The third-order valence-electron chi connectivity index (χ3n) is 2.24. The molecule has 0 saturated heterocycles. The first-order valence-corrected chi connectivity index (χ1v) is 5.98. The Morgan fingerprint density at radius 1 is 1.50 bits per heavy atom. The van der Waals surface area contributed by atoms with Crippen LogP contribution in [0.15, 0.2) is 29.8 Å². The van der Waals surface area contributed by atoms with Gasteiger partial charge in [0.25, 0.3) is 0 Å². The predicted molar refractivity (Wildman–Crippen MR) is 65.5 cm³/mol. The van der Waals surface area contributed by atoms with Crippen molar-refractivity contribution in [1.29, 1.82) is 0 Å². The maximum Gasteiger partial charge on any atom is 0.310 e. The number of hydrogen-bond acceptors (Lipinski definition) is 6. The average Bonchev–Trinajstić information content (AvgIpc) is 2.88. The molecule has 0 atom stereocenters. The number of aromatic nitrogens is 1. The van der Waals surface area contributed by atoms with Crippen molar-refractivity contribution < 1.29 is 14.8 Å². The lowest BCUT2D eigenvalue weighted by atomic mass is 10.2. The molecule has 0 saturated carbocycles. The van der Waals surface area contributed by atoms with Gasteiger partial charge in [-0.15, -0.1) is 11.3 Å². The van der Waals surface area contributed by atoms with E-state index in [9.17, 15) is 10.1 Å². The van der Waals surface area contributed by atoms with E-state index in [0.717, 1.165) is 5.01 Å². The Morgan fingerprint density at radius 3 is 2.94 bits per heavy atom. The molecule has 0 spiro atoms. The highest BCUT2D eigenvalue weighted by Gasteiger charge is 2.15. The zero-order valence-corrected chi connectivity index (χ0v) is 10.1. The van der Waals surface area contributed by atoms with Gasteiger partial charge in [-0.3, -0.25) is 10.1 Å². The number of hydrogen-bond donors (Lipinski definition) is 1. The summed E-state index contributed by atoms with van der Waals surface area (Å²) in [6, 6.07) is 4.28. The molecule has 1 heterocycles. The summed E-state index contributed by atoms with van der Waals surface area (Å²) in [5, 5.41) is 22.4. The number of nitrogens with zero attached hydrogens (tertiary/aromatic N) is 2. The van der Waals surface area contributed by atoms with Crippen LogP contribution >= 0.6 is 11.3 Å². The molecule has 2 rings (SSSR count). The first kappa shape index (κ1) is 12.5. The van der Waals surface area contributed by atoms with Crippen molar-refractivity contribution in [3.63, 3.8) is 0 Å². The summed E-state index contributed by atoms with van der Waals surface area (Å²) in [6.07, 6.45) is 1.64. The number of benzene rings is 1. The third-order valence-corrected chi connectivity index (χ3v) is 2.99. The van der Waals surface area contributed by atoms with Crippen molar-refractivity contribution in [2.75, 3.05) is 0 Å². The second kappa shape index (κ2) is 5.56. The van der Waals surface area contributed by atoms with E-state index in [0.29, 0.717) is 5.56 Å². The second-order valence-corrected chi connectivity index (χ2v) is 4.41. The summed E-state index contributed by atoms with van der Waals surface area (Å²) in [7, 11) is 0. The molecular weight excluding hydrogens is 256 g/mol. The van der Waals surface area contributed by atoms with E-state index in [2.05, 4.69) is 4.98 Å². The molecule has 1 aromatic heterocycles. The smallest absolute Gasteiger partial charge is 0.310 e. The van der Waals surface area contributed by atoms with Crippen LogP contribution in [-0.2, 0) is 13.2 Å². The summed E-state index contributed by atoms with van der Waals surface area (Å²) < 4.78 is 5.38. The van der Waals surface area contributed by atoms with Crippen LogP contribution in [0, 0.1) is 10.1 Å². The second-order valence-electron chi connectivity index (χ2n) is 3.43. The Hall–Kier alpha value is -1.99. The number of aliphatic hydroxyl groups is 1. The largest absolute Gasteiger partial charge is 0.479 e. The van der Waals surface area contributed by atoms with Crippen molar-refractivity contribution in [3.05, 3.63) is 50.5 Å². The Labute approximate surface area is 107 Å². The molecule has 6 nitrogen and oxygen atoms in total.